The van der Waals surface area contributed by atoms with Crippen molar-refractivity contribution in [3.05, 3.63) is 70.3 Å². The van der Waals surface area contributed by atoms with E-state index in [-0.39, 0.29) is 5.92 Å². The molecule has 184 valence electrons. The van der Waals surface area contributed by atoms with Crippen LogP contribution in [0.15, 0.2) is 36.8 Å². The Labute approximate surface area is 213 Å². The Morgan fingerprint density at radius 2 is 2.06 bits per heavy atom. The molecule has 0 N–H and O–H groups in total. The van der Waals surface area contributed by atoms with Gasteiger partial charge in [-0.1, -0.05) is 11.6 Å². The molecule has 1 aliphatic heterocycles. The molecule has 0 bridgehead atoms. The molecule has 0 amide bonds. The van der Waals surface area contributed by atoms with Crippen LogP contribution < -0.4 is 4.74 Å². The maximum atomic E-state index is 14.7. The van der Waals surface area contributed by atoms with Crippen LogP contribution in [-0.4, -0.2) is 36.4 Å². The molecule has 1 aromatic carbocycles. The molecule has 3 aromatic heterocycles. The fraction of sp³-hybridized carbons (Fsp3) is 0.346. The zero-order valence-electron chi connectivity index (χ0n) is 20.5. The van der Waals surface area contributed by atoms with Gasteiger partial charge in [0.25, 0.3) is 0 Å². The van der Waals surface area contributed by atoms with Gasteiger partial charge in [-0.15, -0.1) is 5.10 Å². The van der Waals surface area contributed by atoms with Crippen molar-refractivity contribution >= 4 is 11.6 Å². The Balaban J connectivity index is 1.55. The molecule has 0 spiro atoms. The van der Waals surface area contributed by atoms with Crippen LogP contribution in [0.2, 0.25) is 5.02 Å². The summed E-state index contributed by atoms with van der Waals surface area (Å²) in [6.45, 7) is 6.01. The lowest BCUT2D eigenvalue weighted by Gasteiger charge is -2.25. The molecule has 8 nitrogen and oxygen atoms in total. The molecule has 0 fully saturated rings. The van der Waals surface area contributed by atoms with Gasteiger partial charge >= 0.3 is 0 Å². The molecule has 0 unspecified atom stereocenters. The summed E-state index contributed by atoms with van der Waals surface area (Å²) in [5, 5.41) is 14.6. The van der Waals surface area contributed by atoms with Gasteiger partial charge in [0.2, 0.25) is 5.88 Å². The van der Waals surface area contributed by atoms with E-state index in [0.29, 0.717) is 34.5 Å². The summed E-state index contributed by atoms with van der Waals surface area (Å²) in [5.41, 5.74) is 2.29. The van der Waals surface area contributed by atoms with Gasteiger partial charge in [0.1, 0.15) is 23.0 Å². The number of aromatic nitrogens is 6. The van der Waals surface area contributed by atoms with Crippen LogP contribution in [0.4, 0.5) is 4.39 Å². The molecule has 5 rings (SSSR count). The molecular weight excluding hydrogens is 481 g/mol. The number of imidazole rings is 1. The number of nitriles is 1. The molecule has 0 saturated carbocycles. The third-order valence-corrected chi connectivity index (χ3v) is 6.87. The van der Waals surface area contributed by atoms with Crippen molar-refractivity contribution in [1.29, 1.82) is 5.26 Å². The topological polar surface area (TPSA) is 94.4 Å². The number of fused-ring (bicyclic) bond motifs is 1. The number of pyridine rings is 1. The summed E-state index contributed by atoms with van der Waals surface area (Å²) >= 11 is 6.52. The summed E-state index contributed by atoms with van der Waals surface area (Å²) in [6, 6.07) is 8.93. The van der Waals surface area contributed by atoms with Crippen molar-refractivity contribution in [2.24, 2.45) is 0 Å². The number of benzene rings is 1. The smallest absolute Gasteiger partial charge is 0.238 e. The third-order valence-electron chi connectivity index (χ3n) is 6.54. The summed E-state index contributed by atoms with van der Waals surface area (Å²) in [6.07, 6.45) is 5.25. The number of rotatable bonds is 5. The third kappa shape index (κ3) is 4.11. The standard InChI is InChI=1S/C26H25ClFN7O/c1-15-12-34(14-30-15)22-8-7-21(31-25(22)36-4)23-32-24-16(6-5-9-35(24)33-23)17-10-18(26(2,3)13-29)20(28)11-19(17)27/h7-8,10-12,14,16H,5-6,9H2,1-4H3/t16-/m0/s1. The Morgan fingerprint density at radius 3 is 2.75 bits per heavy atom. The van der Waals surface area contributed by atoms with Crippen molar-refractivity contribution in [3.8, 4) is 29.2 Å². The van der Waals surface area contributed by atoms with Crippen molar-refractivity contribution in [2.75, 3.05) is 7.11 Å². The van der Waals surface area contributed by atoms with Crippen LogP contribution in [-0.2, 0) is 12.0 Å². The molecule has 4 heterocycles. The second-order valence-corrected chi connectivity index (χ2v) is 9.86. The van der Waals surface area contributed by atoms with E-state index >= 15 is 0 Å². The molecule has 0 aliphatic carbocycles. The van der Waals surface area contributed by atoms with Gasteiger partial charge in [0.15, 0.2) is 5.82 Å². The Bertz CT molecular complexity index is 1500. The van der Waals surface area contributed by atoms with Crippen molar-refractivity contribution < 1.29 is 9.13 Å². The largest absolute Gasteiger partial charge is 0.479 e. The summed E-state index contributed by atoms with van der Waals surface area (Å²) in [7, 11) is 1.57. The van der Waals surface area contributed by atoms with Gasteiger partial charge < -0.3 is 9.30 Å². The van der Waals surface area contributed by atoms with E-state index in [0.717, 1.165) is 35.6 Å². The van der Waals surface area contributed by atoms with E-state index in [1.807, 2.05) is 34.5 Å². The van der Waals surface area contributed by atoms with Crippen LogP contribution in [0.1, 0.15) is 55.3 Å². The number of aryl methyl sites for hydroxylation is 2. The Kier molecular flexibility index (Phi) is 6.00. The van der Waals surface area contributed by atoms with Gasteiger partial charge in [-0.2, -0.15) is 5.26 Å². The van der Waals surface area contributed by atoms with Gasteiger partial charge in [0, 0.05) is 29.2 Å². The lowest BCUT2D eigenvalue weighted by atomic mass is 9.82. The summed E-state index contributed by atoms with van der Waals surface area (Å²) < 4.78 is 24.0. The maximum absolute atomic E-state index is 14.7. The molecular formula is C26H25ClFN7O. The molecule has 4 aromatic rings. The van der Waals surface area contributed by atoms with Crippen molar-refractivity contribution in [3.63, 3.8) is 0 Å². The number of halogens is 2. The van der Waals surface area contributed by atoms with Gasteiger partial charge in [0.05, 0.1) is 30.6 Å². The van der Waals surface area contributed by atoms with Crippen LogP contribution in [0.3, 0.4) is 0 Å². The SMILES string of the molecule is COc1nc(-c2nc3n(n2)CCC[C@H]3c2cc(C(C)(C)C#N)c(F)cc2Cl)ccc1-n1cnc(C)c1. The van der Waals surface area contributed by atoms with E-state index in [1.54, 1.807) is 33.4 Å². The highest BCUT2D eigenvalue weighted by molar-refractivity contribution is 6.31. The van der Waals surface area contributed by atoms with Crippen LogP contribution in [0, 0.1) is 24.1 Å². The second kappa shape index (κ2) is 9.03. The van der Waals surface area contributed by atoms with E-state index in [2.05, 4.69) is 16.0 Å². The first kappa shape index (κ1) is 23.9. The summed E-state index contributed by atoms with van der Waals surface area (Å²) in [4.78, 5) is 13.8. The first-order chi connectivity index (χ1) is 17.2. The van der Waals surface area contributed by atoms with Crippen LogP contribution in [0.5, 0.6) is 5.88 Å². The average Bonchev–Trinajstić information content (AvgIpc) is 3.50. The molecule has 36 heavy (non-hydrogen) atoms. The van der Waals surface area contributed by atoms with Crippen molar-refractivity contribution in [2.45, 2.75) is 51.5 Å². The zero-order chi connectivity index (χ0) is 25.6. The van der Waals surface area contributed by atoms with E-state index in [4.69, 9.17) is 26.4 Å². The van der Waals surface area contributed by atoms with Gasteiger partial charge in [-0.3, -0.25) is 0 Å². The normalized spacial score (nSPS) is 15.4. The quantitative estimate of drug-likeness (QED) is 0.362. The highest BCUT2D eigenvalue weighted by atomic mass is 35.5. The second-order valence-electron chi connectivity index (χ2n) is 9.45. The Morgan fingerprint density at radius 1 is 1.25 bits per heavy atom. The first-order valence-electron chi connectivity index (χ1n) is 11.6. The predicted octanol–water partition coefficient (Wildman–Crippen LogP) is 5.36. The number of ether oxygens (including phenoxy) is 1. The molecule has 1 atom stereocenters. The minimum absolute atomic E-state index is 0.184. The molecule has 1 aliphatic rings. The monoisotopic (exact) mass is 505 g/mol. The van der Waals surface area contributed by atoms with E-state index < -0.39 is 11.2 Å². The number of nitrogens with zero attached hydrogens (tertiary/aromatic N) is 7. The molecule has 0 radical (unpaired) electrons. The number of hydrogen-bond donors (Lipinski definition) is 0. The highest BCUT2D eigenvalue weighted by Gasteiger charge is 2.32. The molecule has 10 heteroatoms. The Hall–Kier alpha value is -3.77. The van der Waals surface area contributed by atoms with Gasteiger partial charge in [-0.25, -0.2) is 24.0 Å². The van der Waals surface area contributed by atoms with Gasteiger partial charge in [-0.05, 0) is 63.4 Å². The summed E-state index contributed by atoms with van der Waals surface area (Å²) in [5.74, 6) is 0.966. The lowest BCUT2D eigenvalue weighted by molar-refractivity contribution is 0.396. The highest BCUT2D eigenvalue weighted by Crippen LogP contribution is 2.40. The lowest BCUT2D eigenvalue weighted by Crippen LogP contribution is -2.21. The first-order valence-corrected chi connectivity index (χ1v) is 12.0. The minimum Gasteiger partial charge on any atom is -0.479 e. The van der Waals surface area contributed by atoms with Crippen LogP contribution >= 0.6 is 11.6 Å². The fourth-order valence-corrected chi connectivity index (χ4v) is 4.87. The van der Waals surface area contributed by atoms with Crippen molar-refractivity contribution in [1.82, 2.24) is 29.3 Å². The number of hydrogen-bond acceptors (Lipinski definition) is 6. The van der Waals surface area contributed by atoms with E-state index in [9.17, 15) is 9.65 Å². The zero-order valence-corrected chi connectivity index (χ0v) is 21.2. The average molecular weight is 506 g/mol. The molecule has 0 saturated heterocycles. The van der Waals surface area contributed by atoms with E-state index in [1.165, 1.54) is 6.07 Å². The maximum Gasteiger partial charge on any atom is 0.238 e. The fourth-order valence-electron chi connectivity index (χ4n) is 4.58. The predicted molar refractivity (Wildman–Crippen MR) is 133 cm³/mol. The minimum atomic E-state index is -0.993. The number of methoxy groups -OCH3 is 1. The van der Waals surface area contributed by atoms with Crippen LogP contribution in [0.25, 0.3) is 17.2 Å².